The minimum Gasteiger partial charge on any atom is -0.496 e. The van der Waals surface area contributed by atoms with Gasteiger partial charge in [0, 0.05) is 11.4 Å². The molecule has 0 aliphatic rings. The Morgan fingerprint density at radius 1 is 1.33 bits per heavy atom. The molecule has 0 radical (unpaired) electrons. The third kappa shape index (κ3) is 4.04. The van der Waals surface area contributed by atoms with Crippen LogP contribution in [0.15, 0.2) is 18.2 Å². The van der Waals surface area contributed by atoms with Gasteiger partial charge in [-0.2, -0.15) is 0 Å². The first-order chi connectivity index (χ1) is 8.43. The average molecular weight is 271 g/mol. The third-order valence-corrected chi connectivity index (χ3v) is 2.40. The molecule has 98 valence electrons. The Morgan fingerprint density at radius 2 is 2.00 bits per heavy atom. The van der Waals surface area contributed by atoms with Gasteiger partial charge >= 0.3 is 11.9 Å². The maximum atomic E-state index is 11.8. The van der Waals surface area contributed by atoms with Gasteiger partial charge in [0.2, 0.25) is 0 Å². The second kappa shape index (κ2) is 6.40. The van der Waals surface area contributed by atoms with Gasteiger partial charge in [-0.1, -0.05) is 25.4 Å². The van der Waals surface area contributed by atoms with Crippen molar-refractivity contribution in [2.24, 2.45) is 5.92 Å². The zero-order valence-electron chi connectivity index (χ0n) is 10.5. The maximum Gasteiger partial charge on any atom is 0.349 e. The van der Waals surface area contributed by atoms with Crippen LogP contribution < -0.4 is 4.74 Å². The summed E-state index contributed by atoms with van der Waals surface area (Å²) in [7, 11) is 1.43. The number of carbonyl (C=O) groups is 2. The molecule has 4 nitrogen and oxygen atoms in total. The van der Waals surface area contributed by atoms with E-state index >= 15 is 0 Å². The monoisotopic (exact) mass is 270 g/mol. The molecule has 0 atom stereocenters. The standard InChI is InChI=1S/C13H15ClO4/c1-8(2)6-12(15)18-13(16)10-7-9(14)4-5-11(10)17-3/h4-5,7-8H,6H2,1-3H3. The highest BCUT2D eigenvalue weighted by Gasteiger charge is 2.18. The Morgan fingerprint density at radius 3 is 2.56 bits per heavy atom. The summed E-state index contributed by atoms with van der Waals surface area (Å²) >= 11 is 5.79. The van der Waals surface area contributed by atoms with Crippen LogP contribution in [0, 0.1) is 5.92 Å². The van der Waals surface area contributed by atoms with E-state index < -0.39 is 11.9 Å². The number of hydrogen-bond donors (Lipinski definition) is 0. The summed E-state index contributed by atoms with van der Waals surface area (Å²) in [4.78, 5) is 23.2. The van der Waals surface area contributed by atoms with Crippen molar-refractivity contribution in [2.45, 2.75) is 20.3 Å². The lowest BCUT2D eigenvalue weighted by Crippen LogP contribution is -2.15. The molecule has 1 rings (SSSR count). The Balaban J connectivity index is 2.83. The molecule has 0 spiro atoms. The van der Waals surface area contributed by atoms with Gasteiger partial charge in [0.25, 0.3) is 0 Å². The molecule has 0 saturated heterocycles. The smallest absolute Gasteiger partial charge is 0.349 e. The van der Waals surface area contributed by atoms with E-state index in [9.17, 15) is 9.59 Å². The fraction of sp³-hybridized carbons (Fsp3) is 0.385. The van der Waals surface area contributed by atoms with E-state index in [1.54, 1.807) is 12.1 Å². The summed E-state index contributed by atoms with van der Waals surface area (Å²) in [6.45, 7) is 3.73. The molecule has 0 N–H and O–H groups in total. The number of ether oxygens (including phenoxy) is 2. The van der Waals surface area contributed by atoms with Gasteiger partial charge in [-0.05, 0) is 24.1 Å². The zero-order chi connectivity index (χ0) is 13.7. The van der Waals surface area contributed by atoms with Crippen LogP contribution in [0.5, 0.6) is 5.75 Å². The van der Waals surface area contributed by atoms with Crippen molar-refractivity contribution < 1.29 is 19.1 Å². The second-order valence-corrected chi connectivity index (χ2v) is 4.64. The van der Waals surface area contributed by atoms with E-state index in [-0.39, 0.29) is 17.9 Å². The molecular weight excluding hydrogens is 256 g/mol. The minimum absolute atomic E-state index is 0.131. The molecule has 0 fully saturated rings. The lowest BCUT2D eigenvalue weighted by atomic mass is 10.1. The Kier molecular flexibility index (Phi) is 5.16. The number of carbonyl (C=O) groups excluding carboxylic acids is 2. The van der Waals surface area contributed by atoms with Gasteiger partial charge in [0.05, 0.1) is 7.11 Å². The van der Waals surface area contributed by atoms with Gasteiger partial charge in [-0.15, -0.1) is 0 Å². The quantitative estimate of drug-likeness (QED) is 0.623. The van der Waals surface area contributed by atoms with E-state index in [0.717, 1.165) is 0 Å². The van der Waals surface area contributed by atoms with Crippen LogP contribution in [-0.2, 0) is 9.53 Å². The summed E-state index contributed by atoms with van der Waals surface area (Å²) in [5, 5.41) is 0.374. The van der Waals surface area contributed by atoms with Crippen LogP contribution in [0.25, 0.3) is 0 Å². The number of halogens is 1. The predicted octanol–water partition coefficient (Wildman–Crippen LogP) is 3.08. The molecule has 5 heteroatoms. The molecule has 0 heterocycles. The van der Waals surface area contributed by atoms with Crippen LogP contribution in [-0.4, -0.2) is 19.0 Å². The molecule has 0 aliphatic heterocycles. The molecule has 1 aromatic rings. The number of methoxy groups -OCH3 is 1. The molecule has 0 saturated carbocycles. The van der Waals surface area contributed by atoms with Crippen molar-refractivity contribution in [1.29, 1.82) is 0 Å². The number of esters is 2. The van der Waals surface area contributed by atoms with Crippen molar-refractivity contribution >= 4 is 23.5 Å². The minimum atomic E-state index is -0.750. The van der Waals surface area contributed by atoms with Crippen molar-refractivity contribution in [1.82, 2.24) is 0 Å². The molecule has 1 aromatic carbocycles. The maximum absolute atomic E-state index is 11.8. The van der Waals surface area contributed by atoms with E-state index in [2.05, 4.69) is 0 Å². The lowest BCUT2D eigenvalue weighted by molar-refractivity contribution is -0.138. The Hall–Kier alpha value is -1.55. The highest BCUT2D eigenvalue weighted by atomic mass is 35.5. The highest BCUT2D eigenvalue weighted by molar-refractivity contribution is 6.31. The van der Waals surface area contributed by atoms with Gasteiger partial charge in [0.15, 0.2) is 0 Å². The van der Waals surface area contributed by atoms with Gasteiger partial charge < -0.3 is 9.47 Å². The fourth-order valence-electron chi connectivity index (χ4n) is 1.37. The van der Waals surface area contributed by atoms with Crippen molar-refractivity contribution in [3.8, 4) is 5.75 Å². The average Bonchev–Trinajstić information content (AvgIpc) is 2.27. The highest BCUT2D eigenvalue weighted by Crippen LogP contribution is 2.23. The lowest BCUT2D eigenvalue weighted by Gasteiger charge is -2.08. The summed E-state index contributed by atoms with van der Waals surface area (Å²) in [5.74, 6) is -0.856. The zero-order valence-corrected chi connectivity index (χ0v) is 11.3. The summed E-state index contributed by atoms with van der Waals surface area (Å²) in [6.07, 6.45) is 0.189. The molecule has 0 bridgehead atoms. The predicted molar refractivity (Wildman–Crippen MR) is 67.9 cm³/mol. The van der Waals surface area contributed by atoms with E-state index in [1.165, 1.54) is 13.2 Å². The van der Waals surface area contributed by atoms with E-state index in [0.29, 0.717) is 10.8 Å². The SMILES string of the molecule is COc1ccc(Cl)cc1C(=O)OC(=O)CC(C)C. The number of hydrogen-bond acceptors (Lipinski definition) is 4. The molecule has 0 aliphatic carbocycles. The Bertz CT molecular complexity index is 454. The molecule has 18 heavy (non-hydrogen) atoms. The first kappa shape index (κ1) is 14.5. The van der Waals surface area contributed by atoms with Gasteiger partial charge in [-0.25, -0.2) is 4.79 Å². The van der Waals surface area contributed by atoms with E-state index in [1.807, 2.05) is 13.8 Å². The summed E-state index contributed by atoms with van der Waals surface area (Å²) in [6, 6.07) is 4.55. The summed E-state index contributed by atoms with van der Waals surface area (Å²) < 4.78 is 9.74. The van der Waals surface area contributed by atoms with Crippen LogP contribution >= 0.6 is 11.6 Å². The molecule has 0 aromatic heterocycles. The van der Waals surface area contributed by atoms with Crippen molar-refractivity contribution in [2.75, 3.05) is 7.11 Å². The normalized spacial score (nSPS) is 10.3. The largest absolute Gasteiger partial charge is 0.496 e. The Labute approximate surface area is 111 Å². The molecular formula is C13H15ClO4. The molecule has 0 amide bonds. The number of benzene rings is 1. The molecule has 0 unspecified atom stereocenters. The van der Waals surface area contributed by atoms with Gasteiger partial charge in [0.1, 0.15) is 11.3 Å². The van der Waals surface area contributed by atoms with Crippen LogP contribution in [0.1, 0.15) is 30.6 Å². The fourth-order valence-corrected chi connectivity index (χ4v) is 1.55. The summed E-state index contributed by atoms with van der Waals surface area (Å²) in [5.41, 5.74) is 0.141. The van der Waals surface area contributed by atoms with Crippen molar-refractivity contribution in [3.05, 3.63) is 28.8 Å². The second-order valence-electron chi connectivity index (χ2n) is 4.20. The van der Waals surface area contributed by atoms with Crippen LogP contribution in [0.4, 0.5) is 0 Å². The van der Waals surface area contributed by atoms with Gasteiger partial charge in [-0.3, -0.25) is 4.79 Å². The van der Waals surface area contributed by atoms with E-state index in [4.69, 9.17) is 21.1 Å². The third-order valence-electron chi connectivity index (χ3n) is 2.16. The number of rotatable bonds is 4. The van der Waals surface area contributed by atoms with Crippen LogP contribution in [0.3, 0.4) is 0 Å². The van der Waals surface area contributed by atoms with Crippen molar-refractivity contribution in [3.63, 3.8) is 0 Å². The van der Waals surface area contributed by atoms with Crippen LogP contribution in [0.2, 0.25) is 5.02 Å². The first-order valence-corrected chi connectivity index (χ1v) is 5.90. The topological polar surface area (TPSA) is 52.6 Å². The first-order valence-electron chi connectivity index (χ1n) is 5.52.